The summed E-state index contributed by atoms with van der Waals surface area (Å²) in [7, 11) is 0. The van der Waals surface area contributed by atoms with Crippen molar-refractivity contribution in [3.63, 3.8) is 0 Å². The number of hydrogen-bond acceptors (Lipinski definition) is 4. The molecule has 1 atom stereocenters. The Bertz CT molecular complexity index is 518. The minimum atomic E-state index is -3.35. The van der Waals surface area contributed by atoms with Crippen LogP contribution in [-0.4, -0.2) is 59.5 Å². The zero-order valence-electron chi connectivity index (χ0n) is 12.7. The highest BCUT2D eigenvalue weighted by Gasteiger charge is 2.78. The van der Waals surface area contributed by atoms with Gasteiger partial charge in [-0.3, -0.25) is 9.59 Å². The third-order valence-corrected chi connectivity index (χ3v) is 3.39. The highest BCUT2D eigenvalue weighted by molar-refractivity contribution is 5.97. The van der Waals surface area contributed by atoms with Gasteiger partial charge in [0.25, 0.3) is 11.8 Å². The van der Waals surface area contributed by atoms with E-state index in [-0.39, 0.29) is 19.6 Å². The molecule has 2 rings (SSSR count). The SMILES string of the molecule is CC(C)(C)OC(=O)NC1(C(=O)N2CCNC(=O)C2)CC1(F)F. The van der Waals surface area contributed by atoms with Crippen LogP contribution in [-0.2, 0) is 14.3 Å². The highest BCUT2D eigenvalue weighted by atomic mass is 19.3. The van der Waals surface area contributed by atoms with Crippen LogP contribution < -0.4 is 10.6 Å². The van der Waals surface area contributed by atoms with E-state index in [9.17, 15) is 23.2 Å². The van der Waals surface area contributed by atoms with Gasteiger partial charge in [0.1, 0.15) is 5.60 Å². The first-order chi connectivity index (χ1) is 9.97. The summed E-state index contributed by atoms with van der Waals surface area (Å²) in [4.78, 5) is 36.4. The first kappa shape index (κ1) is 16.4. The molecule has 1 aliphatic heterocycles. The number of carbonyl (C=O) groups is 3. The van der Waals surface area contributed by atoms with Gasteiger partial charge in [-0.1, -0.05) is 0 Å². The minimum Gasteiger partial charge on any atom is -0.444 e. The van der Waals surface area contributed by atoms with Gasteiger partial charge < -0.3 is 20.3 Å². The monoisotopic (exact) mass is 319 g/mol. The maximum atomic E-state index is 13.7. The molecule has 0 aromatic heterocycles. The van der Waals surface area contributed by atoms with Crippen LogP contribution in [0.1, 0.15) is 27.2 Å². The molecule has 7 nitrogen and oxygen atoms in total. The van der Waals surface area contributed by atoms with Gasteiger partial charge >= 0.3 is 6.09 Å². The topological polar surface area (TPSA) is 87.7 Å². The van der Waals surface area contributed by atoms with Crippen LogP contribution >= 0.6 is 0 Å². The van der Waals surface area contributed by atoms with Gasteiger partial charge in [0, 0.05) is 13.1 Å². The predicted octanol–water partition coefficient (Wildman–Crippen LogP) is 0.247. The van der Waals surface area contributed by atoms with E-state index in [2.05, 4.69) is 5.32 Å². The molecule has 1 unspecified atom stereocenters. The summed E-state index contributed by atoms with van der Waals surface area (Å²) in [6, 6.07) is 0. The standard InChI is InChI=1S/C13H19F2N3O4/c1-11(2,3)22-10(21)17-12(7-13(12,14)15)9(20)18-5-4-16-8(19)6-18/h4-7H2,1-3H3,(H,16,19)(H,17,21). The molecule has 0 aromatic rings. The lowest BCUT2D eigenvalue weighted by molar-refractivity contribution is -0.143. The number of piperazine rings is 1. The zero-order chi connectivity index (χ0) is 16.8. The molecule has 1 saturated heterocycles. The van der Waals surface area contributed by atoms with Crippen molar-refractivity contribution in [3.05, 3.63) is 0 Å². The lowest BCUT2D eigenvalue weighted by atomic mass is 10.2. The van der Waals surface area contributed by atoms with Crippen molar-refractivity contribution in [1.82, 2.24) is 15.5 Å². The van der Waals surface area contributed by atoms with Crippen molar-refractivity contribution >= 4 is 17.9 Å². The second kappa shape index (κ2) is 5.06. The fraction of sp³-hybridized carbons (Fsp3) is 0.769. The molecule has 0 spiro atoms. The summed E-state index contributed by atoms with van der Waals surface area (Å²) in [5, 5.41) is 4.49. The third kappa shape index (κ3) is 3.12. The maximum Gasteiger partial charge on any atom is 0.408 e. The van der Waals surface area contributed by atoms with E-state index in [1.165, 1.54) is 0 Å². The number of amides is 3. The van der Waals surface area contributed by atoms with E-state index in [4.69, 9.17) is 4.74 Å². The number of halogens is 2. The molecule has 0 aromatic carbocycles. The van der Waals surface area contributed by atoms with Crippen molar-refractivity contribution < 1.29 is 27.9 Å². The molecule has 22 heavy (non-hydrogen) atoms. The normalized spacial score (nSPS) is 27.0. The molecule has 124 valence electrons. The van der Waals surface area contributed by atoms with E-state index in [0.29, 0.717) is 0 Å². The molecular formula is C13H19F2N3O4. The minimum absolute atomic E-state index is 0.123. The van der Waals surface area contributed by atoms with Crippen molar-refractivity contribution in [2.24, 2.45) is 0 Å². The number of hydrogen-bond donors (Lipinski definition) is 2. The van der Waals surface area contributed by atoms with Crippen LogP contribution in [0.5, 0.6) is 0 Å². The Hall–Kier alpha value is -1.93. The van der Waals surface area contributed by atoms with E-state index >= 15 is 0 Å². The highest BCUT2D eigenvalue weighted by Crippen LogP contribution is 2.53. The summed E-state index contributed by atoms with van der Waals surface area (Å²) in [6.45, 7) is 4.77. The summed E-state index contributed by atoms with van der Waals surface area (Å²) in [5.41, 5.74) is -3.18. The fourth-order valence-corrected chi connectivity index (χ4v) is 2.27. The largest absolute Gasteiger partial charge is 0.444 e. The van der Waals surface area contributed by atoms with E-state index < -0.39 is 41.4 Å². The number of nitrogens with zero attached hydrogens (tertiary/aromatic N) is 1. The van der Waals surface area contributed by atoms with Crippen molar-refractivity contribution in [2.75, 3.05) is 19.6 Å². The smallest absolute Gasteiger partial charge is 0.408 e. The van der Waals surface area contributed by atoms with Crippen molar-refractivity contribution in [3.8, 4) is 0 Å². The number of nitrogens with one attached hydrogen (secondary N) is 2. The quantitative estimate of drug-likeness (QED) is 0.763. The predicted molar refractivity (Wildman–Crippen MR) is 71.3 cm³/mol. The molecule has 0 radical (unpaired) electrons. The van der Waals surface area contributed by atoms with E-state index in [1.54, 1.807) is 20.8 Å². The van der Waals surface area contributed by atoms with Crippen molar-refractivity contribution in [2.45, 2.75) is 44.3 Å². The van der Waals surface area contributed by atoms with Gasteiger partial charge in [0.2, 0.25) is 5.91 Å². The van der Waals surface area contributed by atoms with Gasteiger partial charge in [0.05, 0.1) is 13.0 Å². The molecule has 1 saturated carbocycles. The second-order valence-corrected chi connectivity index (χ2v) is 6.49. The first-order valence-corrected chi connectivity index (χ1v) is 6.92. The van der Waals surface area contributed by atoms with Crippen LogP contribution in [0.25, 0.3) is 0 Å². The van der Waals surface area contributed by atoms with Gasteiger partial charge in [0.15, 0.2) is 5.54 Å². The van der Waals surface area contributed by atoms with Crippen LogP contribution in [0, 0.1) is 0 Å². The third-order valence-electron chi connectivity index (χ3n) is 3.39. The number of rotatable bonds is 2. The fourth-order valence-electron chi connectivity index (χ4n) is 2.27. The Morgan fingerprint density at radius 2 is 1.95 bits per heavy atom. The number of alkyl halides is 2. The Labute approximate surface area is 126 Å². The molecular weight excluding hydrogens is 300 g/mol. The second-order valence-electron chi connectivity index (χ2n) is 6.49. The summed E-state index contributed by atoms with van der Waals surface area (Å²) in [6.07, 6.45) is -1.88. The Morgan fingerprint density at radius 1 is 1.36 bits per heavy atom. The van der Waals surface area contributed by atoms with Crippen LogP contribution in [0.2, 0.25) is 0 Å². The molecule has 1 heterocycles. The molecule has 9 heteroatoms. The van der Waals surface area contributed by atoms with Crippen molar-refractivity contribution in [1.29, 1.82) is 0 Å². The average molecular weight is 319 g/mol. The molecule has 0 bridgehead atoms. The molecule has 3 amide bonds. The zero-order valence-corrected chi connectivity index (χ0v) is 12.7. The summed E-state index contributed by atoms with van der Waals surface area (Å²) < 4.78 is 32.4. The first-order valence-electron chi connectivity index (χ1n) is 6.92. The molecule has 2 fully saturated rings. The van der Waals surface area contributed by atoms with Crippen LogP contribution in [0.4, 0.5) is 13.6 Å². The van der Waals surface area contributed by atoms with Crippen LogP contribution in [0.3, 0.4) is 0 Å². The molecule has 2 N–H and O–H groups in total. The average Bonchev–Trinajstić information content (AvgIpc) is 2.88. The van der Waals surface area contributed by atoms with Gasteiger partial charge in [-0.2, -0.15) is 0 Å². The summed E-state index contributed by atoms with van der Waals surface area (Å²) in [5.74, 6) is -4.73. The lowest BCUT2D eigenvalue weighted by Crippen LogP contribution is -2.59. The molecule has 2 aliphatic rings. The molecule has 1 aliphatic carbocycles. The van der Waals surface area contributed by atoms with Gasteiger partial charge in [-0.15, -0.1) is 0 Å². The lowest BCUT2D eigenvalue weighted by Gasteiger charge is -2.31. The Kier molecular flexibility index (Phi) is 3.78. The van der Waals surface area contributed by atoms with E-state index in [0.717, 1.165) is 4.90 Å². The van der Waals surface area contributed by atoms with Gasteiger partial charge in [-0.05, 0) is 20.8 Å². The van der Waals surface area contributed by atoms with Gasteiger partial charge in [-0.25, -0.2) is 13.6 Å². The number of ether oxygens (including phenoxy) is 1. The summed E-state index contributed by atoms with van der Waals surface area (Å²) >= 11 is 0. The maximum absolute atomic E-state index is 13.7. The number of alkyl carbamates (subject to hydrolysis) is 1. The number of carbonyl (C=O) groups excluding carboxylic acids is 3. The Balaban J connectivity index is 2.11. The Morgan fingerprint density at radius 3 is 2.41 bits per heavy atom. The van der Waals surface area contributed by atoms with Crippen LogP contribution in [0.15, 0.2) is 0 Å². The van der Waals surface area contributed by atoms with E-state index in [1.807, 2.05) is 5.32 Å².